The smallest absolute Gasteiger partial charge is 0.194 e. The van der Waals surface area contributed by atoms with Crippen LogP contribution in [0.15, 0.2) is 24.4 Å². The maximum Gasteiger partial charge on any atom is 0.194 e. The van der Waals surface area contributed by atoms with E-state index in [4.69, 9.17) is 4.98 Å². The highest BCUT2D eigenvalue weighted by Gasteiger charge is 2.17. The lowest BCUT2D eigenvalue weighted by atomic mass is 10.0. The molecule has 1 aromatic carbocycles. The number of hydrogen-bond donors (Lipinski definition) is 1. The van der Waals surface area contributed by atoms with Crippen LogP contribution in [0.3, 0.4) is 0 Å². The Hall–Kier alpha value is -1.65. The van der Waals surface area contributed by atoms with E-state index in [1.165, 1.54) is 27.3 Å². The van der Waals surface area contributed by atoms with E-state index in [0.29, 0.717) is 0 Å². The molecule has 20 heavy (non-hydrogen) atoms. The topological polar surface area (TPSA) is 29.3 Å². The number of aromatic nitrogens is 2. The molecule has 0 amide bonds. The molecule has 1 N–H and O–H groups in total. The summed E-state index contributed by atoms with van der Waals surface area (Å²) in [6.45, 7) is 6.36. The number of fused-ring (bicyclic) bond motifs is 3. The molecule has 0 spiro atoms. The van der Waals surface area contributed by atoms with Gasteiger partial charge in [0.1, 0.15) is 0 Å². The van der Waals surface area contributed by atoms with E-state index in [1.807, 2.05) is 11.3 Å². The van der Waals surface area contributed by atoms with Gasteiger partial charge in [0.2, 0.25) is 0 Å². The van der Waals surface area contributed by atoms with Crippen LogP contribution < -0.4 is 5.32 Å². The van der Waals surface area contributed by atoms with Crippen molar-refractivity contribution in [3.8, 4) is 11.3 Å². The van der Waals surface area contributed by atoms with Crippen molar-refractivity contribution in [2.45, 2.75) is 26.8 Å². The highest BCUT2D eigenvalue weighted by Crippen LogP contribution is 2.29. The lowest BCUT2D eigenvalue weighted by Crippen LogP contribution is -2.23. The van der Waals surface area contributed by atoms with Crippen molar-refractivity contribution < 1.29 is 0 Å². The van der Waals surface area contributed by atoms with Crippen molar-refractivity contribution in [1.82, 2.24) is 14.7 Å². The van der Waals surface area contributed by atoms with Crippen LogP contribution in [0.2, 0.25) is 0 Å². The Bertz CT molecular complexity index is 798. The Morgan fingerprint density at radius 3 is 3.00 bits per heavy atom. The van der Waals surface area contributed by atoms with Crippen molar-refractivity contribution in [2.75, 3.05) is 6.54 Å². The molecule has 2 aromatic heterocycles. The maximum atomic E-state index is 4.81. The Morgan fingerprint density at radius 2 is 2.15 bits per heavy atom. The molecule has 0 radical (unpaired) electrons. The van der Waals surface area contributed by atoms with Gasteiger partial charge in [-0.3, -0.25) is 4.40 Å². The molecule has 0 saturated heterocycles. The number of aryl methyl sites for hydroxylation is 2. The third-order valence-corrected chi connectivity index (χ3v) is 5.22. The zero-order valence-corrected chi connectivity index (χ0v) is 12.5. The third kappa shape index (κ3) is 1.79. The lowest BCUT2D eigenvalue weighted by molar-refractivity contribution is 0.638. The van der Waals surface area contributed by atoms with E-state index in [0.717, 1.165) is 30.2 Å². The largest absolute Gasteiger partial charge is 0.311 e. The molecule has 1 aliphatic rings. The molecule has 0 saturated carbocycles. The zero-order chi connectivity index (χ0) is 13.7. The average molecular weight is 283 g/mol. The molecular formula is C16H17N3S. The molecule has 102 valence electrons. The third-order valence-electron chi connectivity index (χ3n) is 4.13. The summed E-state index contributed by atoms with van der Waals surface area (Å²) in [5.74, 6) is 0. The normalized spacial score (nSPS) is 14.7. The van der Waals surface area contributed by atoms with Crippen LogP contribution in [0, 0.1) is 13.8 Å². The number of nitrogens with one attached hydrogen (secondary N) is 1. The number of hydrogen-bond acceptors (Lipinski definition) is 3. The zero-order valence-electron chi connectivity index (χ0n) is 11.7. The minimum atomic E-state index is 0.988. The first-order valence-electron chi connectivity index (χ1n) is 7.00. The summed E-state index contributed by atoms with van der Waals surface area (Å²) < 4.78 is 2.28. The van der Waals surface area contributed by atoms with E-state index >= 15 is 0 Å². The summed E-state index contributed by atoms with van der Waals surface area (Å²) in [6, 6.07) is 6.58. The van der Waals surface area contributed by atoms with Crippen molar-refractivity contribution in [3.05, 3.63) is 46.1 Å². The molecule has 3 heterocycles. The lowest BCUT2D eigenvalue weighted by Gasteiger charge is -2.11. The molecule has 4 rings (SSSR count). The van der Waals surface area contributed by atoms with Crippen LogP contribution in [0.25, 0.3) is 16.2 Å². The van der Waals surface area contributed by atoms with E-state index in [9.17, 15) is 0 Å². The fourth-order valence-electron chi connectivity index (χ4n) is 2.78. The van der Waals surface area contributed by atoms with Crippen molar-refractivity contribution >= 4 is 16.3 Å². The van der Waals surface area contributed by atoms with E-state index < -0.39 is 0 Å². The van der Waals surface area contributed by atoms with E-state index in [1.54, 1.807) is 0 Å². The Labute approximate surface area is 122 Å². The van der Waals surface area contributed by atoms with Crippen LogP contribution in [-0.4, -0.2) is 15.9 Å². The molecule has 0 fully saturated rings. The summed E-state index contributed by atoms with van der Waals surface area (Å²) >= 11 is 1.81. The Kier molecular flexibility index (Phi) is 2.69. The van der Waals surface area contributed by atoms with Gasteiger partial charge in [0.05, 0.1) is 5.69 Å². The van der Waals surface area contributed by atoms with Gasteiger partial charge >= 0.3 is 0 Å². The molecule has 3 nitrogen and oxygen atoms in total. The number of thiazole rings is 1. The quantitative estimate of drug-likeness (QED) is 0.742. The molecular weight excluding hydrogens is 266 g/mol. The molecule has 1 aliphatic heterocycles. The first kappa shape index (κ1) is 12.1. The van der Waals surface area contributed by atoms with Crippen molar-refractivity contribution in [1.29, 1.82) is 0 Å². The van der Waals surface area contributed by atoms with Crippen LogP contribution in [0.5, 0.6) is 0 Å². The fourth-order valence-corrected chi connectivity index (χ4v) is 3.90. The van der Waals surface area contributed by atoms with Crippen LogP contribution in [-0.2, 0) is 13.0 Å². The van der Waals surface area contributed by atoms with Gasteiger partial charge in [-0.15, -0.1) is 0 Å². The van der Waals surface area contributed by atoms with Gasteiger partial charge in [0.25, 0.3) is 0 Å². The second-order valence-electron chi connectivity index (χ2n) is 5.48. The highest BCUT2D eigenvalue weighted by molar-refractivity contribution is 7.17. The van der Waals surface area contributed by atoms with Gasteiger partial charge in [-0.25, -0.2) is 4.98 Å². The number of imidazole rings is 1. The predicted octanol–water partition coefficient (Wildman–Crippen LogP) is 3.33. The molecule has 3 aromatic rings. The Balaban J connectivity index is 1.84. The predicted molar refractivity (Wildman–Crippen MR) is 83.4 cm³/mol. The number of nitrogens with zero attached hydrogens (tertiary/aromatic N) is 2. The molecule has 0 unspecified atom stereocenters. The first-order chi connectivity index (χ1) is 9.72. The van der Waals surface area contributed by atoms with Gasteiger partial charge in [-0.1, -0.05) is 23.5 Å². The minimum Gasteiger partial charge on any atom is -0.311 e. The van der Waals surface area contributed by atoms with E-state index in [-0.39, 0.29) is 0 Å². The fraction of sp³-hybridized carbons (Fsp3) is 0.312. The number of rotatable bonds is 1. The SMILES string of the molecule is Cc1ccc(-c2cn3c4c(sc3n2)CNCC4)cc1C. The van der Waals surface area contributed by atoms with Crippen LogP contribution in [0.4, 0.5) is 0 Å². The summed E-state index contributed by atoms with van der Waals surface area (Å²) in [7, 11) is 0. The summed E-state index contributed by atoms with van der Waals surface area (Å²) in [5.41, 5.74) is 6.39. The molecule has 4 heteroatoms. The number of benzene rings is 1. The van der Waals surface area contributed by atoms with Crippen LogP contribution in [0.1, 0.15) is 21.7 Å². The van der Waals surface area contributed by atoms with Crippen molar-refractivity contribution in [2.24, 2.45) is 0 Å². The van der Waals surface area contributed by atoms with Gasteiger partial charge in [0, 0.05) is 41.8 Å². The Morgan fingerprint density at radius 1 is 1.25 bits per heavy atom. The van der Waals surface area contributed by atoms with Crippen molar-refractivity contribution in [3.63, 3.8) is 0 Å². The molecule has 0 aliphatic carbocycles. The maximum absolute atomic E-state index is 4.81. The van der Waals surface area contributed by atoms with Gasteiger partial charge < -0.3 is 5.32 Å². The first-order valence-corrected chi connectivity index (χ1v) is 7.82. The average Bonchev–Trinajstić information content (AvgIpc) is 2.99. The van der Waals surface area contributed by atoms with Gasteiger partial charge in [0.15, 0.2) is 4.96 Å². The second kappa shape index (κ2) is 4.43. The summed E-state index contributed by atoms with van der Waals surface area (Å²) in [4.78, 5) is 7.37. The monoisotopic (exact) mass is 283 g/mol. The van der Waals surface area contributed by atoms with Crippen LogP contribution >= 0.6 is 11.3 Å². The highest BCUT2D eigenvalue weighted by atomic mass is 32.1. The molecule has 0 bridgehead atoms. The minimum absolute atomic E-state index is 0.988. The molecule has 0 atom stereocenters. The van der Waals surface area contributed by atoms with E-state index in [2.05, 4.69) is 48.0 Å². The van der Waals surface area contributed by atoms with Gasteiger partial charge in [-0.2, -0.15) is 0 Å². The summed E-state index contributed by atoms with van der Waals surface area (Å²) in [5, 5.41) is 3.42. The standard InChI is InChI=1S/C16H17N3S/c1-10-3-4-12(7-11(10)2)13-9-19-14-5-6-17-8-15(14)20-16(19)18-13/h3-4,7,9,17H,5-6,8H2,1-2H3. The van der Waals surface area contributed by atoms with Gasteiger partial charge in [-0.05, 0) is 31.0 Å². The second-order valence-corrected chi connectivity index (χ2v) is 6.54. The summed E-state index contributed by atoms with van der Waals surface area (Å²) in [6.07, 6.45) is 3.29.